The highest BCUT2D eigenvalue weighted by Crippen LogP contribution is 2.26. The fourth-order valence-electron chi connectivity index (χ4n) is 2.83. The molecule has 5 nitrogen and oxygen atoms in total. The van der Waals surface area contributed by atoms with E-state index in [2.05, 4.69) is 16.0 Å². The van der Waals surface area contributed by atoms with Crippen LogP contribution in [0.25, 0.3) is 10.8 Å². The summed E-state index contributed by atoms with van der Waals surface area (Å²) in [5.74, 6) is 0. The van der Waals surface area contributed by atoms with E-state index in [1.807, 2.05) is 43.3 Å². The molecule has 1 aliphatic rings. The van der Waals surface area contributed by atoms with Crippen LogP contribution >= 0.6 is 0 Å². The number of β-amino-alcohol motifs (C(OH)–C–C–N with tert-alkyl or cyclic N) is 1. The topological polar surface area (TPSA) is 73.4 Å². The first kappa shape index (κ1) is 14.8. The SMILES string of the molecule is Cc1ccc2ccccc2c1NC(=O)NC[C@@]1(O)CCNC1. The van der Waals surface area contributed by atoms with Crippen LogP contribution in [-0.4, -0.2) is 36.4 Å². The van der Waals surface area contributed by atoms with Gasteiger partial charge in [-0.05, 0) is 30.8 Å². The lowest BCUT2D eigenvalue weighted by molar-refractivity contribution is 0.0640. The molecule has 1 atom stereocenters. The van der Waals surface area contributed by atoms with Crippen molar-refractivity contribution in [2.75, 3.05) is 25.0 Å². The summed E-state index contributed by atoms with van der Waals surface area (Å²) >= 11 is 0. The second kappa shape index (κ2) is 5.94. The Morgan fingerprint density at radius 1 is 1.32 bits per heavy atom. The molecular formula is C17H21N3O2. The van der Waals surface area contributed by atoms with Gasteiger partial charge in [-0.3, -0.25) is 0 Å². The third kappa shape index (κ3) is 3.05. The highest BCUT2D eigenvalue weighted by atomic mass is 16.3. The molecule has 0 unspecified atom stereocenters. The monoisotopic (exact) mass is 299 g/mol. The van der Waals surface area contributed by atoms with Crippen LogP contribution in [0, 0.1) is 6.92 Å². The second-order valence-corrected chi connectivity index (χ2v) is 5.94. The Balaban J connectivity index is 1.72. The van der Waals surface area contributed by atoms with Gasteiger partial charge in [-0.1, -0.05) is 36.4 Å². The van der Waals surface area contributed by atoms with Crippen LogP contribution in [0.2, 0.25) is 0 Å². The number of carbonyl (C=O) groups excluding carboxylic acids is 1. The number of fused-ring (bicyclic) bond motifs is 1. The van der Waals surface area contributed by atoms with E-state index in [4.69, 9.17) is 0 Å². The van der Waals surface area contributed by atoms with Crippen LogP contribution in [-0.2, 0) is 0 Å². The van der Waals surface area contributed by atoms with Gasteiger partial charge in [-0.15, -0.1) is 0 Å². The normalized spacial score (nSPS) is 21.0. The molecule has 0 radical (unpaired) electrons. The van der Waals surface area contributed by atoms with Crippen molar-refractivity contribution in [1.29, 1.82) is 0 Å². The highest BCUT2D eigenvalue weighted by Gasteiger charge is 2.31. The molecule has 2 aromatic carbocycles. The lowest BCUT2D eigenvalue weighted by atomic mass is 10.0. The van der Waals surface area contributed by atoms with Crippen molar-refractivity contribution in [3.05, 3.63) is 42.0 Å². The third-order valence-corrected chi connectivity index (χ3v) is 4.18. The van der Waals surface area contributed by atoms with Crippen LogP contribution in [0.5, 0.6) is 0 Å². The minimum absolute atomic E-state index is 0.246. The van der Waals surface area contributed by atoms with Gasteiger partial charge in [0.25, 0.3) is 0 Å². The summed E-state index contributed by atoms with van der Waals surface area (Å²) in [7, 11) is 0. The number of benzene rings is 2. The minimum Gasteiger partial charge on any atom is -0.387 e. The quantitative estimate of drug-likeness (QED) is 0.700. The number of aryl methyl sites for hydroxylation is 1. The smallest absolute Gasteiger partial charge is 0.319 e. The number of urea groups is 1. The average Bonchev–Trinajstić information content (AvgIpc) is 2.95. The van der Waals surface area contributed by atoms with Gasteiger partial charge in [0.2, 0.25) is 0 Å². The van der Waals surface area contributed by atoms with Gasteiger partial charge < -0.3 is 21.1 Å². The van der Waals surface area contributed by atoms with E-state index in [1.54, 1.807) is 0 Å². The van der Waals surface area contributed by atoms with Crippen molar-refractivity contribution >= 4 is 22.5 Å². The second-order valence-electron chi connectivity index (χ2n) is 5.94. The maximum absolute atomic E-state index is 12.2. The summed E-state index contributed by atoms with van der Waals surface area (Å²) in [4.78, 5) is 12.2. The van der Waals surface area contributed by atoms with E-state index in [1.165, 1.54) is 0 Å². The van der Waals surface area contributed by atoms with E-state index in [9.17, 15) is 9.90 Å². The van der Waals surface area contributed by atoms with Gasteiger partial charge in [-0.25, -0.2) is 4.79 Å². The molecular weight excluding hydrogens is 278 g/mol. The molecule has 4 N–H and O–H groups in total. The van der Waals surface area contributed by atoms with Gasteiger partial charge in [0.15, 0.2) is 0 Å². The molecule has 0 aromatic heterocycles. The van der Waals surface area contributed by atoms with Crippen LogP contribution in [0.3, 0.4) is 0 Å². The van der Waals surface area contributed by atoms with E-state index >= 15 is 0 Å². The van der Waals surface area contributed by atoms with E-state index in [0.29, 0.717) is 13.0 Å². The number of amides is 2. The number of nitrogens with one attached hydrogen (secondary N) is 3. The molecule has 0 aliphatic carbocycles. The molecule has 3 rings (SSSR count). The Morgan fingerprint density at radius 3 is 2.91 bits per heavy atom. The first-order valence-corrected chi connectivity index (χ1v) is 7.54. The molecule has 1 heterocycles. The molecule has 116 valence electrons. The fraction of sp³-hybridized carbons (Fsp3) is 0.353. The van der Waals surface area contributed by atoms with Gasteiger partial charge in [0.05, 0.1) is 11.3 Å². The van der Waals surface area contributed by atoms with Crippen molar-refractivity contribution in [2.24, 2.45) is 0 Å². The summed E-state index contributed by atoms with van der Waals surface area (Å²) in [5.41, 5.74) is 0.979. The van der Waals surface area contributed by atoms with Gasteiger partial charge in [0.1, 0.15) is 0 Å². The Bertz CT molecular complexity index is 693. The molecule has 2 aromatic rings. The Kier molecular flexibility index (Phi) is 4.00. The van der Waals surface area contributed by atoms with E-state index in [0.717, 1.165) is 28.6 Å². The minimum atomic E-state index is -0.842. The third-order valence-electron chi connectivity index (χ3n) is 4.18. The van der Waals surface area contributed by atoms with Crippen LogP contribution < -0.4 is 16.0 Å². The first-order valence-electron chi connectivity index (χ1n) is 7.54. The molecule has 1 aliphatic heterocycles. The Hall–Kier alpha value is -2.11. The maximum atomic E-state index is 12.2. The number of hydrogen-bond donors (Lipinski definition) is 4. The number of rotatable bonds is 3. The number of anilines is 1. The van der Waals surface area contributed by atoms with Crippen molar-refractivity contribution in [3.63, 3.8) is 0 Å². The fourth-order valence-corrected chi connectivity index (χ4v) is 2.83. The summed E-state index contributed by atoms with van der Waals surface area (Å²) in [6.45, 7) is 3.51. The number of aliphatic hydroxyl groups is 1. The Morgan fingerprint density at radius 2 is 2.14 bits per heavy atom. The van der Waals surface area contributed by atoms with Gasteiger partial charge in [0, 0.05) is 18.5 Å². The van der Waals surface area contributed by atoms with Crippen LogP contribution in [0.15, 0.2) is 36.4 Å². The summed E-state index contributed by atoms with van der Waals surface area (Å²) < 4.78 is 0. The lowest BCUT2D eigenvalue weighted by Gasteiger charge is -2.22. The van der Waals surface area contributed by atoms with Crippen LogP contribution in [0.4, 0.5) is 10.5 Å². The maximum Gasteiger partial charge on any atom is 0.319 e. The summed E-state index contributed by atoms with van der Waals surface area (Å²) in [5, 5.41) is 21.1. The van der Waals surface area contributed by atoms with Crippen molar-refractivity contribution in [3.8, 4) is 0 Å². The van der Waals surface area contributed by atoms with Crippen molar-refractivity contribution in [2.45, 2.75) is 18.9 Å². The van der Waals surface area contributed by atoms with Gasteiger partial charge in [-0.2, -0.15) is 0 Å². The van der Waals surface area contributed by atoms with E-state index < -0.39 is 5.60 Å². The average molecular weight is 299 g/mol. The van der Waals surface area contributed by atoms with Gasteiger partial charge >= 0.3 is 6.03 Å². The zero-order valence-electron chi connectivity index (χ0n) is 12.6. The molecule has 22 heavy (non-hydrogen) atoms. The highest BCUT2D eigenvalue weighted by molar-refractivity contribution is 6.02. The predicted octanol–water partition coefficient (Wildman–Crippen LogP) is 1.99. The first-order chi connectivity index (χ1) is 10.6. The molecule has 0 bridgehead atoms. The summed E-state index contributed by atoms with van der Waals surface area (Å²) in [6, 6.07) is 11.7. The molecule has 2 amide bonds. The molecule has 0 spiro atoms. The largest absolute Gasteiger partial charge is 0.387 e. The number of hydrogen-bond acceptors (Lipinski definition) is 3. The molecule has 1 saturated heterocycles. The van der Waals surface area contributed by atoms with Crippen molar-refractivity contribution in [1.82, 2.24) is 10.6 Å². The van der Waals surface area contributed by atoms with E-state index in [-0.39, 0.29) is 12.6 Å². The summed E-state index contributed by atoms with van der Waals surface area (Å²) in [6.07, 6.45) is 0.653. The molecule has 1 fully saturated rings. The number of carbonyl (C=O) groups is 1. The van der Waals surface area contributed by atoms with Crippen LogP contribution in [0.1, 0.15) is 12.0 Å². The lowest BCUT2D eigenvalue weighted by Crippen LogP contribution is -2.45. The standard InChI is InChI=1S/C17H21N3O2/c1-12-6-7-13-4-2-3-5-14(13)15(12)20-16(21)19-11-17(22)8-9-18-10-17/h2-7,18,22H,8-11H2,1H3,(H2,19,20,21)/t17-/m1/s1. The molecule has 5 heteroatoms. The zero-order chi connectivity index (χ0) is 15.6. The van der Waals surface area contributed by atoms with Crippen molar-refractivity contribution < 1.29 is 9.90 Å². The molecule has 0 saturated carbocycles. The zero-order valence-corrected chi connectivity index (χ0v) is 12.6. The Labute approximate surface area is 129 Å². The predicted molar refractivity (Wildman–Crippen MR) is 88.1 cm³/mol.